The van der Waals surface area contributed by atoms with Gasteiger partial charge in [-0.05, 0) is 30.0 Å². The predicted molar refractivity (Wildman–Crippen MR) is 84.3 cm³/mol. The van der Waals surface area contributed by atoms with E-state index in [-0.39, 0.29) is 11.8 Å². The first-order valence-corrected chi connectivity index (χ1v) is 7.85. The SMILES string of the molecule is CC1CCOC1C(O)c1cc2c(cc1Br)n(C)c(=O)n2C. The highest BCUT2D eigenvalue weighted by molar-refractivity contribution is 9.10. The minimum Gasteiger partial charge on any atom is -0.386 e. The fourth-order valence-electron chi connectivity index (χ4n) is 3.06. The van der Waals surface area contributed by atoms with E-state index in [1.54, 1.807) is 23.2 Å². The Kier molecular flexibility index (Phi) is 3.71. The van der Waals surface area contributed by atoms with Gasteiger partial charge in [-0.25, -0.2) is 4.79 Å². The largest absolute Gasteiger partial charge is 0.386 e. The molecule has 1 saturated heterocycles. The van der Waals surface area contributed by atoms with E-state index in [4.69, 9.17) is 4.74 Å². The molecule has 3 atom stereocenters. The van der Waals surface area contributed by atoms with Crippen LogP contribution in [0.1, 0.15) is 25.0 Å². The highest BCUT2D eigenvalue weighted by Gasteiger charge is 2.33. The number of aryl methyl sites for hydroxylation is 2. The lowest BCUT2D eigenvalue weighted by atomic mass is 9.94. The minimum atomic E-state index is -0.698. The number of ether oxygens (including phenoxy) is 1. The van der Waals surface area contributed by atoms with Gasteiger partial charge in [-0.2, -0.15) is 0 Å². The molecule has 1 aliphatic rings. The van der Waals surface area contributed by atoms with Gasteiger partial charge in [-0.1, -0.05) is 22.9 Å². The second kappa shape index (κ2) is 5.26. The van der Waals surface area contributed by atoms with E-state index in [2.05, 4.69) is 22.9 Å². The summed E-state index contributed by atoms with van der Waals surface area (Å²) in [6, 6.07) is 3.76. The van der Waals surface area contributed by atoms with Gasteiger partial charge in [-0.3, -0.25) is 9.13 Å². The van der Waals surface area contributed by atoms with Crippen molar-refractivity contribution in [1.82, 2.24) is 9.13 Å². The highest BCUT2D eigenvalue weighted by atomic mass is 79.9. The zero-order valence-corrected chi connectivity index (χ0v) is 13.9. The Morgan fingerprint density at radius 1 is 1.33 bits per heavy atom. The third kappa shape index (κ3) is 2.25. The van der Waals surface area contributed by atoms with Gasteiger partial charge in [0.05, 0.1) is 17.1 Å². The van der Waals surface area contributed by atoms with E-state index in [1.165, 1.54) is 0 Å². The Morgan fingerprint density at radius 2 is 1.95 bits per heavy atom. The molecule has 0 amide bonds. The van der Waals surface area contributed by atoms with Gasteiger partial charge in [-0.15, -0.1) is 0 Å². The van der Waals surface area contributed by atoms with E-state index >= 15 is 0 Å². The van der Waals surface area contributed by atoms with Crippen LogP contribution in [-0.4, -0.2) is 27.0 Å². The third-order valence-electron chi connectivity index (χ3n) is 4.46. The Hall–Kier alpha value is -1.11. The lowest BCUT2D eigenvalue weighted by Gasteiger charge is -2.22. The summed E-state index contributed by atoms with van der Waals surface area (Å²) in [6.07, 6.45) is 0.0712. The van der Waals surface area contributed by atoms with Crippen LogP contribution in [0.15, 0.2) is 21.4 Å². The van der Waals surface area contributed by atoms with Crippen molar-refractivity contribution < 1.29 is 9.84 Å². The first-order chi connectivity index (χ1) is 9.91. The van der Waals surface area contributed by atoms with Crippen LogP contribution in [0.5, 0.6) is 0 Å². The number of rotatable bonds is 2. The maximum Gasteiger partial charge on any atom is 0.328 e. The fourth-order valence-corrected chi connectivity index (χ4v) is 3.63. The van der Waals surface area contributed by atoms with Crippen LogP contribution in [0.2, 0.25) is 0 Å². The third-order valence-corrected chi connectivity index (χ3v) is 5.15. The average Bonchev–Trinajstić information content (AvgIpc) is 2.97. The van der Waals surface area contributed by atoms with Crippen LogP contribution in [-0.2, 0) is 18.8 Å². The van der Waals surface area contributed by atoms with Crippen molar-refractivity contribution in [1.29, 1.82) is 0 Å². The molecule has 1 fully saturated rings. The molecule has 114 valence electrons. The normalized spacial score (nSPS) is 23.9. The molecule has 3 rings (SSSR count). The molecular formula is C15H19BrN2O3. The van der Waals surface area contributed by atoms with Crippen molar-refractivity contribution >= 4 is 27.0 Å². The van der Waals surface area contributed by atoms with Gasteiger partial charge in [0, 0.05) is 25.2 Å². The van der Waals surface area contributed by atoms with Crippen molar-refractivity contribution in [3.63, 3.8) is 0 Å². The van der Waals surface area contributed by atoms with E-state index < -0.39 is 6.10 Å². The first-order valence-electron chi connectivity index (χ1n) is 7.06. The summed E-state index contributed by atoms with van der Waals surface area (Å²) in [7, 11) is 3.48. The number of hydrogen-bond acceptors (Lipinski definition) is 3. The van der Waals surface area contributed by atoms with Gasteiger partial charge in [0.1, 0.15) is 6.10 Å². The Morgan fingerprint density at radius 3 is 2.52 bits per heavy atom. The van der Waals surface area contributed by atoms with E-state index in [0.29, 0.717) is 12.5 Å². The number of nitrogens with zero attached hydrogens (tertiary/aromatic N) is 2. The van der Waals surface area contributed by atoms with Gasteiger partial charge in [0.15, 0.2) is 0 Å². The number of aliphatic hydroxyl groups is 1. The number of halogens is 1. The molecule has 2 aromatic rings. The Balaban J connectivity index is 2.13. The topological polar surface area (TPSA) is 56.4 Å². The van der Waals surface area contributed by atoms with Gasteiger partial charge in [0.25, 0.3) is 0 Å². The van der Waals surface area contributed by atoms with E-state index in [1.807, 2.05) is 12.1 Å². The molecule has 0 saturated carbocycles. The van der Waals surface area contributed by atoms with Crippen LogP contribution >= 0.6 is 15.9 Å². The standard InChI is InChI=1S/C15H19BrN2O3/c1-8-4-5-21-14(8)13(19)9-6-11-12(7-10(9)16)18(3)15(20)17(11)2/h6-8,13-14,19H,4-5H2,1-3H3. The molecule has 1 aliphatic heterocycles. The molecule has 0 bridgehead atoms. The summed E-state index contributed by atoms with van der Waals surface area (Å²) in [5.74, 6) is 0.321. The summed E-state index contributed by atoms with van der Waals surface area (Å²) in [4.78, 5) is 12.0. The van der Waals surface area contributed by atoms with Crippen molar-refractivity contribution in [3.05, 3.63) is 32.7 Å². The summed E-state index contributed by atoms with van der Waals surface area (Å²) in [5, 5.41) is 10.6. The second-order valence-corrected chi connectivity index (χ2v) is 6.66. The highest BCUT2D eigenvalue weighted by Crippen LogP contribution is 2.36. The van der Waals surface area contributed by atoms with Gasteiger partial charge < -0.3 is 9.84 Å². The summed E-state index contributed by atoms with van der Waals surface area (Å²) in [5.41, 5.74) is 2.34. The molecule has 0 aliphatic carbocycles. The average molecular weight is 355 g/mol. The van der Waals surface area contributed by atoms with Crippen molar-refractivity contribution in [2.45, 2.75) is 25.6 Å². The zero-order valence-electron chi connectivity index (χ0n) is 12.3. The summed E-state index contributed by atoms with van der Waals surface area (Å²) in [6.45, 7) is 2.78. The lowest BCUT2D eigenvalue weighted by Crippen LogP contribution is -2.23. The second-order valence-electron chi connectivity index (χ2n) is 5.81. The minimum absolute atomic E-state index is 0.0750. The smallest absolute Gasteiger partial charge is 0.328 e. The molecule has 1 aromatic heterocycles. The van der Waals surface area contributed by atoms with Gasteiger partial charge in [0.2, 0.25) is 0 Å². The van der Waals surface area contributed by atoms with Crippen LogP contribution in [0.4, 0.5) is 0 Å². The Labute approximate surface area is 131 Å². The lowest BCUT2D eigenvalue weighted by molar-refractivity contribution is -0.0180. The van der Waals surface area contributed by atoms with Crippen molar-refractivity contribution in [2.24, 2.45) is 20.0 Å². The van der Waals surface area contributed by atoms with Crippen LogP contribution in [0.25, 0.3) is 11.0 Å². The molecule has 0 spiro atoms. The van der Waals surface area contributed by atoms with Crippen molar-refractivity contribution in [3.8, 4) is 0 Å². The monoisotopic (exact) mass is 354 g/mol. The molecule has 1 aromatic carbocycles. The molecule has 2 heterocycles. The Bertz CT molecular complexity index is 749. The molecule has 3 unspecified atom stereocenters. The molecule has 0 radical (unpaired) electrons. The molecular weight excluding hydrogens is 336 g/mol. The van der Waals surface area contributed by atoms with Crippen LogP contribution in [0.3, 0.4) is 0 Å². The zero-order chi connectivity index (χ0) is 15.3. The summed E-state index contributed by atoms with van der Waals surface area (Å²) >= 11 is 3.51. The molecule has 21 heavy (non-hydrogen) atoms. The van der Waals surface area contributed by atoms with E-state index in [9.17, 15) is 9.90 Å². The quantitative estimate of drug-likeness (QED) is 0.898. The van der Waals surface area contributed by atoms with E-state index in [0.717, 1.165) is 27.5 Å². The maximum absolute atomic E-state index is 12.0. The number of fused-ring (bicyclic) bond motifs is 1. The number of imidazole rings is 1. The molecule has 5 nitrogen and oxygen atoms in total. The number of aromatic nitrogens is 2. The van der Waals surface area contributed by atoms with Crippen molar-refractivity contribution in [2.75, 3.05) is 6.61 Å². The first kappa shape index (κ1) is 14.8. The number of benzene rings is 1. The number of aliphatic hydroxyl groups excluding tert-OH is 1. The number of hydrogen-bond donors (Lipinski definition) is 1. The summed E-state index contributed by atoms with van der Waals surface area (Å²) < 4.78 is 9.66. The fraction of sp³-hybridized carbons (Fsp3) is 0.533. The molecule has 1 N–H and O–H groups in total. The maximum atomic E-state index is 12.0. The van der Waals surface area contributed by atoms with Gasteiger partial charge >= 0.3 is 5.69 Å². The predicted octanol–water partition coefficient (Wildman–Crippen LogP) is 2.10. The molecule has 6 heteroatoms. The van der Waals surface area contributed by atoms with Crippen LogP contribution in [0, 0.1) is 5.92 Å². The van der Waals surface area contributed by atoms with Crippen LogP contribution < -0.4 is 5.69 Å².